The largest absolute Gasteiger partial charge is 0.495 e. The van der Waals surface area contributed by atoms with Gasteiger partial charge in [0.15, 0.2) is 0 Å². The number of likely N-dealkylation sites (N-methyl/N-ethyl adjacent to an activating group) is 1. The number of rotatable bonds is 4. The number of sulfonamides is 1. The highest BCUT2D eigenvalue weighted by Gasteiger charge is 2.22. The van der Waals surface area contributed by atoms with Gasteiger partial charge in [-0.05, 0) is 25.2 Å². The van der Waals surface area contributed by atoms with Crippen LogP contribution in [0.1, 0.15) is 0 Å². The molecule has 0 atom stereocenters. The van der Waals surface area contributed by atoms with Gasteiger partial charge in [-0.3, -0.25) is 0 Å². The summed E-state index contributed by atoms with van der Waals surface area (Å²) in [5.41, 5.74) is 6.04. The number of methoxy groups -OCH3 is 1. The molecule has 20 heavy (non-hydrogen) atoms. The minimum Gasteiger partial charge on any atom is -0.495 e. The van der Waals surface area contributed by atoms with Gasteiger partial charge in [0.2, 0.25) is 0 Å². The van der Waals surface area contributed by atoms with Gasteiger partial charge >= 0.3 is 0 Å². The number of anilines is 1. The summed E-state index contributed by atoms with van der Waals surface area (Å²) in [5.74, 6) is 0.462. The van der Waals surface area contributed by atoms with Crippen LogP contribution >= 0.6 is 0 Å². The molecule has 0 unspecified atom stereocenters. The molecule has 0 radical (unpaired) electrons. The Morgan fingerprint density at radius 1 is 1.25 bits per heavy atom. The van der Waals surface area contributed by atoms with Crippen molar-refractivity contribution in [3.05, 3.63) is 18.2 Å². The molecule has 0 aliphatic carbocycles. The number of nitrogens with one attached hydrogen (secondary N) is 1. The zero-order valence-corrected chi connectivity index (χ0v) is 12.5. The fourth-order valence-electron chi connectivity index (χ4n) is 2.00. The van der Waals surface area contributed by atoms with Crippen LogP contribution in [0.3, 0.4) is 0 Å². The lowest BCUT2D eigenvalue weighted by molar-refractivity contribution is 0.135. The van der Waals surface area contributed by atoms with Crippen LogP contribution in [0.4, 0.5) is 5.69 Å². The number of nitrogen functional groups attached to an aromatic ring is 1. The number of nitrogens with two attached hydrogens (primary N) is 1. The second kappa shape index (κ2) is 5.96. The summed E-state index contributed by atoms with van der Waals surface area (Å²) >= 11 is 0. The average molecular weight is 300 g/mol. The van der Waals surface area contributed by atoms with Gasteiger partial charge in [0.05, 0.1) is 17.7 Å². The number of hydrogen-bond acceptors (Lipinski definition) is 6. The fourth-order valence-corrected chi connectivity index (χ4v) is 3.16. The van der Waals surface area contributed by atoms with Crippen molar-refractivity contribution in [2.45, 2.75) is 4.90 Å². The molecule has 0 bridgehead atoms. The van der Waals surface area contributed by atoms with E-state index in [2.05, 4.69) is 9.73 Å². The van der Waals surface area contributed by atoms with Crippen LogP contribution in [0.15, 0.2) is 23.1 Å². The first kappa shape index (κ1) is 15.0. The van der Waals surface area contributed by atoms with E-state index in [1.165, 1.54) is 19.2 Å². The van der Waals surface area contributed by atoms with E-state index in [9.17, 15) is 8.42 Å². The average Bonchev–Trinajstić information content (AvgIpc) is 2.41. The van der Waals surface area contributed by atoms with Gasteiger partial charge in [-0.2, -0.15) is 0 Å². The maximum absolute atomic E-state index is 12.3. The third kappa shape index (κ3) is 3.40. The number of benzene rings is 1. The predicted octanol–water partition coefficient (Wildman–Crippen LogP) is -0.282. The molecular formula is C12H20N4O3S. The Morgan fingerprint density at radius 2 is 1.90 bits per heavy atom. The molecule has 2 rings (SSSR count). The van der Waals surface area contributed by atoms with Crippen molar-refractivity contribution < 1.29 is 13.2 Å². The molecule has 1 heterocycles. The van der Waals surface area contributed by atoms with E-state index >= 15 is 0 Å². The number of piperazine rings is 1. The molecular weight excluding hydrogens is 280 g/mol. The van der Waals surface area contributed by atoms with E-state index < -0.39 is 10.0 Å². The van der Waals surface area contributed by atoms with Crippen molar-refractivity contribution in [1.82, 2.24) is 14.7 Å². The molecule has 1 aromatic carbocycles. The monoisotopic (exact) mass is 300 g/mol. The zero-order chi connectivity index (χ0) is 14.8. The van der Waals surface area contributed by atoms with Crippen molar-refractivity contribution in [1.29, 1.82) is 0 Å². The lowest BCUT2D eigenvalue weighted by Gasteiger charge is -2.32. The van der Waals surface area contributed by atoms with Gasteiger partial charge in [0.25, 0.3) is 10.0 Å². The van der Waals surface area contributed by atoms with E-state index in [4.69, 9.17) is 10.5 Å². The highest BCUT2D eigenvalue weighted by Crippen LogP contribution is 2.24. The third-order valence-electron chi connectivity index (χ3n) is 3.26. The Kier molecular flexibility index (Phi) is 4.48. The summed E-state index contributed by atoms with van der Waals surface area (Å²) in [7, 11) is -0.105. The maximum Gasteiger partial charge on any atom is 0.253 e. The maximum atomic E-state index is 12.3. The van der Waals surface area contributed by atoms with Crippen LogP contribution < -0.4 is 15.3 Å². The SMILES string of the molecule is COc1ccc(S(=O)(=O)NN2CCN(C)CC2)cc1N. The van der Waals surface area contributed by atoms with E-state index in [-0.39, 0.29) is 4.90 Å². The van der Waals surface area contributed by atoms with E-state index in [1.807, 2.05) is 7.05 Å². The number of ether oxygens (including phenoxy) is 1. The molecule has 0 amide bonds. The van der Waals surface area contributed by atoms with Crippen molar-refractivity contribution in [3.8, 4) is 5.75 Å². The molecule has 1 aliphatic rings. The smallest absolute Gasteiger partial charge is 0.253 e. The second-order valence-electron chi connectivity index (χ2n) is 4.79. The predicted molar refractivity (Wildman–Crippen MR) is 76.8 cm³/mol. The molecule has 0 spiro atoms. The second-order valence-corrected chi connectivity index (χ2v) is 6.45. The van der Waals surface area contributed by atoms with Gasteiger partial charge in [0, 0.05) is 26.2 Å². The van der Waals surface area contributed by atoms with Crippen molar-refractivity contribution in [3.63, 3.8) is 0 Å². The minimum absolute atomic E-state index is 0.134. The lowest BCUT2D eigenvalue weighted by Crippen LogP contribution is -2.52. The van der Waals surface area contributed by atoms with E-state index in [0.29, 0.717) is 24.5 Å². The van der Waals surface area contributed by atoms with Crippen molar-refractivity contribution >= 4 is 15.7 Å². The third-order valence-corrected chi connectivity index (χ3v) is 4.64. The molecule has 1 aromatic rings. The first-order valence-electron chi connectivity index (χ1n) is 6.32. The fraction of sp³-hybridized carbons (Fsp3) is 0.500. The van der Waals surface area contributed by atoms with Gasteiger partial charge in [0.1, 0.15) is 5.75 Å². The highest BCUT2D eigenvalue weighted by atomic mass is 32.2. The molecule has 8 heteroatoms. The molecule has 0 aromatic heterocycles. The number of hydrogen-bond donors (Lipinski definition) is 2. The van der Waals surface area contributed by atoms with Gasteiger partial charge < -0.3 is 15.4 Å². The van der Waals surface area contributed by atoms with Crippen LogP contribution in [-0.4, -0.2) is 58.7 Å². The van der Waals surface area contributed by atoms with Gasteiger partial charge in [-0.1, -0.05) is 0 Å². The standard InChI is InChI=1S/C12H20N4O3S/c1-15-5-7-16(8-6-15)14-20(17,18)10-3-4-12(19-2)11(13)9-10/h3-4,9,14H,5-8,13H2,1-2H3. The number of nitrogens with zero attached hydrogens (tertiary/aromatic N) is 2. The first-order valence-corrected chi connectivity index (χ1v) is 7.80. The molecule has 7 nitrogen and oxygen atoms in total. The normalized spacial score (nSPS) is 18.1. The summed E-state index contributed by atoms with van der Waals surface area (Å²) in [4.78, 5) is 4.86. The number of hydrazine groups is 1. The minimum atomic E-state index is -3.60. The molecule has 1 fully saturated rings. The van der Waals surface area contributed by atoms with Gasteiger partial charge in [-0.15, -0.1) is 4.83 Å². The van der Waals surface area contributed by atoms with Crippen LogP contribution in [0.2, 0.25) is 0 Å². The molecule has 1 aliphatic heterocycles. The first-order chi connectivity index (χ1) is 9.42. The van der Waals surface area contributed by atoms with Crippen molar-refractivity contribution in [2.75, 3.05) is 46.1 Å². The summed E-state index contributed by atoms with van der Waals surface area (Å²) in [6, 6.07) is 4.43. The Hall–Kier alpha value is -1.35. The Balaban J connectivity index is 2.12. The lowest BCUT2D eigenvalue weighted by atomic mass is 10.3. The van der Waals surface area contributed by atoms with Crippen LogP contribution in [0.5, 0.6) is 5.75 Å². The quantitative estimate of drug-likeness (QED) is 0.744. The van der Waals surface area contributed by atoms with Crippen LogP contribution in [0, 0.1) is 0 Å². The molecule has 112 valence electrons. The molecule has 1 saturated heterocycles. The molecule has 0 saturated carbocycles. The summed E-state index contributed by atoms with van der Waals surface area (Å²) in [6.07, 6.45) is 0. The highest BCUT2D eigenvalue weighted by molar-refractivity contribution is 7.89. The topological polar surface area (TPSA) is 87.9 Å². The van der Waals surface area contributed by atoms with Crippen molar-refractivity contribution in [2.24, 2.45) is 0 Å². The van der Waals surface area contributed by atoms with Gasteiger partial charge in [-0.25, -0.2) is 13.4 Å². The Labute approximate surface area is 119 Å². The molecule has 3 N–H and O–H groups in total. The summed E-state index contributed by atoms with van der Waals surface area (Å²) in [5, 5.41) is 1.70. The zero-order valence-electron chi connectivity index (χ0n) is 11.7. The van der Waals surface area contributed by atoms with Crippen LogP contribution in [0.25, 0.3) is 0 Å². The Morgan fingerprint density at radius 3 is 2.45 bits per heavy atom. The van der Waals surface area contributed by atoms with E-state index in [0.717, 1.165) is 13.1 Å². The van der Waals surface area contributed by atoms with E-state index in [1.54, 1.807) is 11.1 Å². The summed E-state index contributed by atoms with van der Waals surface area (Å²) < 4.78 is 29.6. The summed E-state index contributed by atoms with van der Waals surface area (Å²) in [6.45, 7) is 2.96. The van der Waals surface area contributed by atoms with Crippen LogP contribution in [-0.2, 0) is 10.0 Å². The Bertz CT molecular complexity index is 568.